The van der Waals surface area contributed by atoms with Gasteiger partial charge in [0, 0.05) is 31.5 Å². The molecule has 1 atom stereocenters. The number of hydrogen-bond donors (Lipinski definition) is 1. The lowest BCUT2D eigenvalue weighted by atomic mass is 10.00. The zero-order valence-electron chi connectivity index (χ0n) is 11.6. The minimum Gasteiger partial charge on any atom is -0.339 e. The zero-order valence-corrected chi connectivity index (χ0v) is 11.6. The lowest BCUT2D eigenvalue weighted by molar-refractivity contribution is -0.134. The molecule has 0 aromatic carbocycles. The highest BCUT2D eigenvalue weighted by Crippen LogP contribution is 2.19. The molecule has 1 aromatic heterocycles. The van der Waals surface area contributed by atoms with Crippen LogP contribution in [-0.4, -0.2) is 34.9 Å². The molecule has 4 heteroatoms. The van der Waals surface area contributed by atoms with E-state index in [1.54, 1.807) is 6.20 Å². The van der Waals surface area contributed by atoms with Crippen molar-refractivity contribution < 1.29 is 4.79 Å². The summed E-state index contributed by atoms with van der Waals surface area (Å²) in [5.74, 6) is 0.232. The highest BCUT2D eigenvalue weighted by molar-refractivity contribution is 5.78. The van der Waals surface area contributed by atoms with Crippen LogP contribution in [0.25, 0.3) is 0 Å². The number of aromatic nitrogens is 1. The number of carbonyl (C=O) groups is 1. The predicted octanol–water partition coefficient (Wildman–Crippen LogP) is 1.96. The van der Waals surface area contributed by atoms with Crippen LogP contribution < -0.4 is 5.32 Å². The molecule has 1 amide bonds. The molecule has 2 rings (SSSR count). The average Bonchev–Trinajstić information content (AvgIpc) is 2.48. The molecular weight excluding hydrogens is 238 g/mol. The molecule has 0 saturated carbocycles. The number of nitrogens with one attached hydrogen (secondary N) is 1. The van der Waals surface area contributed by atoms with Gasteiger partial charge in [-0.25, -0.2) is 0 Å². The summed E-state index contributed by atoms with van der Waals surface area (Å²) < 4.78 is 0. The highest BCUT2D eigenvalue weighted by Gasteiger charge is 2.24. The van der Waals surface area contributed by atoms with Crippen LogP contribution in [0.4, 0.5) is 0 Å². The fourth-order valence-corrected chi connectivity index (χ4v) is 2.67. The second-order valence-electron chi connectivity index (χ2n) is 5.11. The summed E-state index contributed by atoms with van der Waals surface area (Å²) in [6.07, 6.45) is 8.21. The van der Waals surface area contributed by atoms with E-state index in [4.69, 9.17) is 0 Å². The second kappa shape index (κ2) is 7.24. The predicted molar refractivity (Wildman–Crippen MR) is 75.6 cm³/mol. The number of amides is 1. The number of nitrogens with zero attached hydrogens (tertiary/aromatic N) is 2. The Kier molecular flexibility index (Phi) is 5.33. The number of rotatable bonds is 5. The summed E-state index contributed by atoms with van der Waals surface area (Å²) in [5, 5.41) is 3.21. The van der Waals surface area contributed by atoms with Crippen LogP contribution in [-0.2, 0) is 11.3 Å². The molecular formula is C15H23N3O. The lowest BCUT2D eigenvalue weighted by Crippen LogP contribution is -2.46. The molecule has 1 saturated heterocycles. The van der Waals surface area contributed by atoms with Gasteiger partial charge in [0.2, 0.25) is 5.91 Å². The first-order valence-electron chi connectivity index (χ1n) is 7.20. The van der Waals surface area contributed by atoms with Crippen LogP contribution in [0.1, 0.15) is 38.2 Å². The molecule has 1 aliphatic rings. The minimum atomic E-state index is 0.232. The summed E-state index contributed by atoms with van der Waals surface area (Å²) in [5.41, 5.74) is 1.11. The summed E-state index contributed by atoms with van der Waals surface area (Å²) in [4.78, 5) is 18.3. The van der Waals surface area contributed by atoms with Crippen LogP contribution >= 0.6 is 0 Å². The fraction of sp³-hybridized carbons (Fsp3) is 0.600. The van der Waals surface area contributed by atoms with Gasteiger partial charge in [-0.05, 0) is 37.3 Å². The molecule has 1 aliphatic heterocycles. The third kappa shape index (κ3) is 4.03. The quantitative estimate of drug-likeness (QED) is 0.881. The molecule has 1 N–H and O–H groups in total. The van der Waals surface area contributed by atoms with Crippen LogP contribution in [0.15, 0.2) is 24.5 Å². The summed E-state index contributed by atoms with van der Waals surface area (Å²) in [6.45, 7) is 4.21. The van der Waals surface area contributed by atoms with E-state index in [-0.39, 0.29) is 5.91 Å². The van der Waals surface area contributed by atoms with Crippen molar-refractivity contribution in [3.8, 4) is 0 Å². The minimum absolute atomic E-state index is 0.232. The van der Waals surface area contributed by atoms with E-state index in [0.717, 1.165) is 31.4 Å². The highest BCUT2D eigenvalue weighted by atomic mass is 16.2. The van der Waals surface area contributed by atoms with E-state index in [1.807, 2.05) is 18.3 Å². The van der Waals surface area contributed by atoms with Gasteiger partial charge in [0.15, 0.2) is 0 Å². The summed E-state index contributed by atoms with van der Waals surface area (Å²) in [7, 11) is 0. The first-order chi connectivity index (χ1) is 9.31. The first kappa shape index (κ1) is 14.0. The Morgan fingerprint density at radius 2 is 2.42 bits per heavy atom. The van der Waals surface area contributed by atoms with E-state index >= 15 is 0 Å². The average molecular weight is 261 g/mol. The summed E-state index contributed by atoms with van der Waals surface area (Å²) >= 11 is 0. The van der Waals surface area contributed by atoms with Gasteiger partial charge in [0.25, 0.3) is 0 Å². The van der Waals surface area contributed by atoms with Gasteiger partial charge >= 0.3 is 0 Å². The van der Waals surface area contributed by atoms with Gasteiger partial charge in [-0.1, -0.05) is 13.0 Å². The smallest absolute Gasteiger partial charge is 0.236 e. The monoisotopic (exact) mass is 261 g/mol. The number of carbonyl (C=O) groups excluding carboxylic acids is 1. The van der Waals surface area contributed by atoms with Gasteiger partial charge in [-0.3, -0.25) is 9.78 Å². The standard InChI is InChI=1S/C15H23N3O/c1-2-14-7-3-4-9-18(14)15(19)12-17-11-13-6-5-8-16-10-13/h5-6,8,10,14,17H,2-4,7,9,11-12H2,1H3. The van der Waals surface area contributed by atoms with E-state index in [2.05, 4.69) is 22.1 Å². The van der Waals surface area contributed by atoms with Crippen molar-refractivity contribution in [2.45, 2.75) is 45.2 Å². The van der Waals surface area contributed by atoms with Crippen LogP contribution in [0.2, 0.25) is 0 Å². The van der Waals surface area contributed by atoms with Gasteiger partial charge in [-0.2, -0.15) is 0 Å². The number of likely N-dealkylation sites (tertiary alicyclic amines) is 1. The van der Waals surface area contributed by atoms with Gasteiger partial charge in [0.1, 0.15) is 0 Å². The van der Waals surface area contributed by atoms with Crippen molar-refractivity contribution in [2.75, 3.05) is 13.1 Å². The molecule has 0 aliphatic carbocycles. The Morgan fingerprint density at radius 1 is 1.53 bits per heavy atom. The third-order valence-corrected chi connectivity index (χ3v) is 3.75. The molecule has 4 nitrogen and oxygen atoms in total. The number of piperidine rings is 1. The van der Waals surface area contributed by atoms with Crippen LogP contribution in [0.3, 0.4) is 0 Å². The topological polar surface area (TPSA) is 45.2 Å². The van der Waals surface area contributed by atoms with Gasteiger partial charge in [-0.15, -0.1) is 0 Å². The largest absolute Gasteiger partial charge is 0.339 e. The maximum atomic E-state index is 12.2. The van der Waals surface area contributed by atoms with Gasteiger partial charge in [0.05, 0.1) is 6.54 Å². The lowest BCUT2D eigenvalue weighted by Gasteiger charge is -2.35. The molecule has 0 spiro atoms. The molecule has 104 valence electrons. The van der Waals surface area contributed by atoms with E-state index < -0.39 is 0 Å². The molecule has 19 heavy (non-hydrogen) atoms. The maximum absolute atomic E-state index is 12.2. The van der Waals surface area contributed by atoms with Crippen LogP contribution in [0, 0.1) is 0 Å². The molecule has 2 heterocycles. The molecule has 0 radical (unpaired) electrons. The second-order valence-corrected chi connectivity index (χ2v) is 5.11. The Balaban J connectivity index is 1.77. The summed E-state index contributed by atoms with van der Waals surface area (Å²) in [6, 6.07) is 4.37. The van der Waals surface area contributed by atoms with E-state index in [0.29, 0.717) is 19.1 Å². The SMILES string of the molecule is CCC1CCCCN1C(=O)CNCc1cccnc1. The number of pyridine rings is 1. The Labute approximate surface area is 115 Å². The van der Waals surface area contributed by atoms with Gasteiger partial charge < -0.3 is 10.2 Å². The van der Waals surface area contributed by atoms with Crippen molar-refractivity contribution in [1.29, 1.82) is 0 Å². The Bertz CT molecular complexity index is 394. The van der Waals surface area contributed by atoms with Crippen molar-refractivity contribution in [1.82, 2.24) is 15.2 Å². The molecule has 1 aromatic rings. The zero-order chi connectivity index (χ0) is 13.5. The molecule has 0 bridgehead atoms. The maximum Gasteiger partial charge on any atom is 0.236 e. The Morgan fingerprint density at radius 3 is 3.16 bits per heavy atom. The van der Waals surface area contributed by atoms with E-state index in [9.17, 15) is 4.79 Å². The fourth-order valence-electron chi connectivity index (χ4n) is 2.67. The van der Waals surface area contributed by atoms with Crippen molar-refractivity contribution in [3.63, 3.8) is 0 Å². The number of hydrogen-bond acceptors (Lipinski definition) is 3. The van der Waals surface area contributed by atoms with Crippen LogP contribution in [0.5, 0.6) is 0 Å². The Hall–Kier alpha value is -1.42. The van der Waals surface area contributed by atoms with Crippen molar-refractivity contribution in [2.24, 2.45) is 0 Å². The molecule has 1 unspecified atom stereocenters. The van der Waals surface area contributed by atoms with Crippen molar-refractivity contribution in [3.05, 3.63) is 30.1 Å². The molecule has 1 fully saturated rings. The normalized spacial score (nSPS) is 19.4. The van der Waals surface area contributed by atoms with E-state index in [1.165, 1.54) is 6.42 Å². The third-order valence-electron chi connectivity index (χ3n) is 3.75. The van der Waals surface area contributed by atoms with Crippen molar-refractivity contribution >= 4 is 5.91 Å². The first-order valence-corrected chi connectivity index (χ1v) is 7.20.